The van der Waals surface area contributed by atoms with Gasteiger partial charge in [0.1, 0.15) is 6.61 Å². The lowest BCUT2D eigenvalue weighted by atomic mass is 10.0. The van der Waals surface area contributed by atoms with Gasteiger partial charge < -0.3 is 14.8 Å². The molecule has 5 heteroatoms. The molecule has 1 atom stereocenters. The highest BCUT2D eigenvalue weighted by Gasteiger charge is 2.26. The van der Waals surface area contributed by atoms with Gasteiger partial charge in [0.25, 0.3) is 0 Å². The quantitative estimate of drug-likeness (QED) is 0.878. The van der Waals surface area contributed by atoms with Gasteiger partial charge in [0.05, 0.1) is 7.11 Å². The van der Waals surface area contributed by atoms with Gasteiger partial charge >= 0.3 is 0 Å². The highest BCUT2D eigenvalue weighted by molar-refractivity contribution is 5.77. The van der Waals surface area contributed by atoms with E-state index in [1.165, 1.54) is 0 Å². The first-order valence-electron chi connectivity index (χ1n) is 8.59. The third-order valence-corrected chi connectivity index (χ3v) is 4.43. The monoisotopic (exact) mass is 340 g/mol. The van der Waals surface area contributed by atoms with E-state index in [-0.39, 0.29) is 11.9 Å². The number of carbonyl (C=O) groups is 1. The predicted octanol–water partition coefficient (Wildman–Crippen LogP) is 2.64. The number of para-hydroxylation sites is 2. The Balaban J connectivity index is 1.67. The van der Waals surface area contributed by atoms with Crippen molar-refractivity contribution >= 4 is 5.91 Å². The van der Waals surface area contributed by atoms with Gasteiger partial charge in [-0.3, -0.25) is 9.69 Å². The molecule has 2 aromatic rings. The van der Waals surface area contributed by atoms with Crippen molar-refractivity contribution in [2.45, 2.75) is 12.5 Å². The largest absolute Gasteiger partial charge is 0.493 e. The summed E-state index contributed by atoms with van der Waals surface area (Å²) in [4.78, 5) is 14.3. The third-order valence-electron chi connectivity index (χ3n) is 4.43. The molecule has 1 aliphatic rings. The van der Waals surface area contributed by atoms with Crippen LogP contribution in [0.25, 0.3) is 0 Å². The molecule has 1 aliphatic heterocycles. The van der Waals surface area contributed by atoms with Crippen LogP contribution in [0.3, 0.4) is 0 Å². The maximum atomic E-state index is 12.0. The zero-order chi connectivity index (χ0) is 17.5. The van der Waals surface area contributed by atoms with Crippen LogP contribution < -0.4 is 14.8 Å². The summed E-state index contributed by atoms with van der Waals surface area (Å²) in [6.07, 6.45) is 0.471. The van der Waals surface area contributed by atoms with Gasteiger partial charge in [0.15, 0.2) is 11.5 Å². The van der Waals surface area contributed by atoms with E-state index >= 15 is 0 Å². The Bertz CT molecular complexity index is 690. The highest BCUT2D eigenvalue weighted by Crippen LogP contribution is 2.27. The lowest BCUT2D eigenvalue weighted by Gasteiger charge is -2.29. The van der Waals surface area contributed by atoms with Crippen molar-refractivity contribution in [3.8, 4) is 11.5 Å². The second-order valence-electron chi connectivity index (χ2n) is 6.02. The molecule has 3 rings (SSSR count). The van der Waals surface area contributed by atoms with Crippen molar-refractivity contribution in [1.82, 2.24) is 10.2 Å². The van der Waals surface area contributed by atoms with E-state index in [4.69, 9.17) is 9.47 Å². The van der Waals surface area contributed by atoms with E-state index in [0.717, 1.165) is 30.2 Å². The summed E-state index contributed by atoms with van der Waals surface area (Å²) in [5, 5.41) is 2.96. The van der Waals surface area contributed by atoms with Gasteiger partial charge in [-0.2, -0.15) is 0 Å². The van der Waals surface area contributed by atoms with Crippen molar-refractivity contribution in [3.05, 3.63) is 60.2 Å². The van der Waals surface area contributed by atoms with E-state index in [1.54, 1.807) is 7.11 Å². The first-order valence-corrected chi connectivity index (χ1v) is 8.59. The van der Waals surface area contributed by atoms with Crippen LogP contribution in [0, 0.1) is 0 Å². The first-order chi connectivity index (χ1) is 12.3. The zero-order valence-corrected chi connectivity index (χ0v) is 14.5. The van der Waals surface area contributed by atoms with E-state index in [9.17, 15) is 4.79 Å². The third kappa shape index (κ3) is 4.51. The Morgan fingerprint density at radius 2 is 1.80 bits per heavy atom. The molecule has 0 saturated carbocycles. The molecule has 132 valence electrons. The fourth-order valence-corrected chi connectivity index (χ4v) is 3.15. The molecule has 1 heterocycles. The lowest BCUT2D eigenvalue weighted by Crippen LogP contribution is -2.34. The summed E-state index contributed by atoms with van der Waals surface area (Å²) in [7, 11) is 1.64. The first kappa shape index (κ1) is 17.3. The van der Waals surface area contributed by atoms with Crippen LogP contribution in [-0.2, 0) is 4.79 Å². The Hall–Kier alpha value is -2.53. The topological polar surface area (TPSA) is 50.8 Å². The SMILES string of the molecule is COc1ccccc1OCCN1CCNC(=O)CC1c1ccccc1. The predicted molar refractivity (Wildman–Crippen MR) is 96.9 cm³/mol. The average molecular weight is 340 g/mol. The molecule has 0 radical (unpaired) electrons. The smallest absolute Gasteiger partial charge is 0.221 e. The van der Waals surface area contributed by atoms with Crippen LogP contribution in [-0.4, -0.2) is 44.2 Å². The summed E-state index contributed by atoms with van der Waals surface area (Å²) < 4.78 is 11.2. The lowest BCUT2D eigenvalue weighted by molar-refractivity contribution is -0.121. The number of hydrogen-bond acceptors (Lipinski definition) is 4. The van der Waals surface area contributed by atoms with Crippen molar-refractivity contribution in [3.63, 3.8) is 0 Å². The van der Waals surface area contributed by atoms with Crippen LogP contribution in [0.15, 0.2) is 54.6 Å². The Morgan fingerprint density at radius 3 is 2.56 bits per heavy atom. The van der Waals surface area contributed by atoms with Gasteiger partial charge in [-0.1, -0.05) is 42.5 Å². The Kier molecular flexibility index (Phi) is 5.90. The van der Waals surface area contributed by atoms with Gasteiger partial charge in [-0.05, 0) is 17.7 Å². The molecule has 5 nitrogen and oxygen atoms in total. The van der Waals surface area contributed by atoms with Crippen LogP contribution in [0.5, 0.6) is 11.5 Å². The molecule has 0 aromatic heterocycles. The minimum Gasteiger partial charge on any atom is -0.493 e. The average Bonchev–Trinajstić information content (AvgIpc) is 2.84. The number of hydrogen-bond donors (Lipinski definition) is 1. The Labute approximate surface area is 148 Å². The normalized spacial score (nSPS) is 18.3. The van der Waals surface area contributed by atoms with Gasteiger partial charge in [0.2, 0.25) is 5.91 Å². The number of amides is 1. The van der Waals surface area contributed by atoms with Crippen molar-refractivity contribution < 1.29 is 14.3 Å². The molecule has 25 heavy (non-hydrogen) atoms. The zero-order valence-electron chi connectivity index (χ0n) is 14.5. The molecule has 2 aromatic carbocycles. The van der Waals surface area contributed by atoms with Gasteiger partial charge in [-0.15, -0.1) is 0 Å². The van der Waals surface area contributed by atoms with E-state index in [0.29, 0.717) is 19.6 Å². The van der Waals surface area contributed by atoms with Gasteiger partial charge in [0, 0.05) is 32.1 Å². The molecule has 1 N–H and O–H groups in total. The number of benzene rings is 2. The Morgan fingerprint density at radius 1 is 1.08 bits per heavy atom. The molecular formula is C20H24N2O3. The molecule has 1 saturated heterocycles. The van der Waals surface area contributed by atoms with Crippen LogP contribution >= 0.6 is 0 Å². The fraction of sp³-hybridized carbons (Fsp3) is 0.350. The van der Waals surface area contributed by atoms with E-state index in [2.05, 4.69) is 22.3 Å². The maximum absolute atomic E-state index is 12.0. The number of nitrogens with zero attached hydrogens (tertiary/aromatic N) is 1. The summed E-state index contributed by atoms with van der Waals surface area (Å²) in [5.74, 6) is 1.57. The second kappa shape index (κ2) is 8.53. The summed E-state index contributed by atoms with van der Waals surface area (Å²) in [6.45, 7) is 2.75. The van der Waals surface area contributed by atoms with Crippen LogP contribution in [0.2, 0.25) is 0 Å². The molecular weight excluding hydrogens is 316 g/mol. The van der Waals surface area contributed by atoms with E-state index in [1.807, 2.05) is 42.5 Å². The summed E-state index contributed by atoms with van der Waals surface area (Å²) in [6, 6.07) is 17.9. The highest BCUT2D eigenvalue weighted by atomic mass is 16.5. The minimum absolute atomic E-state index is 0.0740. The van der Waals surface area contributed by atoms with Crippen molar-refractivity contribution in [2.24, 2.45) is 0 Å². The standard InChI is InChI=1S/C20H24N2O3/c1-24-18-9-5-6-10-19(18)25-14-13-22-12-11-21-20(23)15-17(22)16-7-3-2-4-8-16/h2-10,17H,11-15H2,1H3,(H,21,23). The van der Waals surface area contributed by atoms with Crippen LogP contribution in [0.1, 0.15) is 18.0 Å². The van der Waals surface area contributed by atoms with Crippen molar-refractivity contribution in [1.29, 1.82) is 0 Å². The molecule has 1 fully saturated rings. The number of carbonyl (C=O) groups excluding carboxylic acids is 1. The molecule has 0 aliphatic carbocycles. The summed E-state index contributed by atoms with van der Waals surface area (Å²) >= 11 is 0. The van der Waals surface area contributed by atoms with Crippen LogP contribution in [0.4, 0.5) is 0 Å². The maximum Gasteiger partial charge on any atom is 0.221 e. The molecule has 0 bridgehead atoms. The molecule has 1 amide bonds. The second-order valence-corrected chi connectivity index (χ2v) is 6.02. The van der Waals surface area contributed by atoms with Gasteiger partial charge in [-0.25, -0.2) is 0 Å². The summed E-state index contributed by atoms with van der Waals surface area (Å²) in [5.41, 5.74) is 1.16. The van der Waals surface area contributed by atoms with E-state index < -0.39 is 0 Å². The molecule has 0 spiro atoms. The number of ether oxygens (including phenoxy) is 2. The number of methoxy groups -OCH3 is 1. The fourth-order valence-electron chi connectivity index (χ4n) is 3.15. The number of rotatable bonds is 6. The number of nitrogens with one attached hydrogen (secondary N) is 1. The molecule has 1 unspecified atom stereocenters. The minimum atomic E-state index is 0.0740. The van der Waals surface area contributed by atoms with Crippen molar-refractivity contribution in [2.75, 3.05) is 33.4 Å².